The van der Waals surface area contributed by atoms with Crippen LogP contribution in [0.25, 0.3) is 10.8 Å². The van der Waals surface area contributed by atoms with Gasteiger partial charge in [-0.05, 0) is 20.3 Å². The third-order valence-electron chi connectivity index (χ3n) is 4.14. The maximum atomic E-state index is 12.7. The first-order valence-electron chi connectivity index (χ1n) is 7.36. The fraction of sp³-hybridized carbons (Fsp3) is 0.500. The highest BCUT2D eigenvalue weighted by atomic mass is 16.2. The van der Waals surface area contributed by atoms with E-state index < -0.39 is 0 Å². The van der Waals surface area contributed by atoms with Crippen LogP contribution in [0.4, 0.5) is 0 Å². The molecule has 2 aromatic rings. The minimum Gasteiger partial charge on any atom is -0.348 e. The lowest BCUT2D eigenvalue weighted by molar-refractivity contribution is 0.511. The Bertz CT molecular complexity index is 806. The van der Waals surface area contributed by atoms with E-state index in [4.69, 9.17) is 0 Å². The van der Waals surface area contributed by atoms with Gasteiger partial charge >= 0.3 is 0 Å². The first kappa shape index (κ1) is 15.4. The van der Waals surface area contributed by atoms with Crippen LogP contribution in [0.2, 0.25) is 0 Å². The smallest absolute Gasteiger partial charge is 0.275 e. The summed E-state index contributed by atoms with van der Waals surface area (Å²) in [7, 11) is 1.63. The summed E-state index contributed by atoms with van der Waals surface area (Å²) < 4.78 is 4.92. The Morgan fingerprint density at radius 2 is 1.67 bits per heavy atom. The second-order valence-corrected chi connectivity index (χ2v) is 5.43. The summed E-state index contributed by atoms with van der Waals surface area (Å²) in [4.78, 5) is 25.3. The molecule has 0 atom stereocenters. The van der Waals surface area contributed by atoms with E-state index in [1.54, 1.807) is 13.1 Å². The van der Waals surface area contributed by atoms with Crippen molar-refractivity contribution in [3.63, 3.8) is 0 Å². The van der Waals surface area contributed by atoms with Crippen LogP contribution in [0.5, 0.6) is 0 Å². The van der Waals surface area contributed by atoms with Crippen LogP contribution in [0.1, 0.15) is 31.2 Å². The first-order valence-corrected chi connectivity index (χ1v) is 7.36. The van der Waals surface area contributed by atoms with Crippen LogP contribution in [0.15, 0.2) is 22.2 Å². The van der Waals surface area contributed by atoms with E-state index in [-0.39, 0.29) is 11.1 Å². The van der Waals surface area contributed by atoms with Crippen molar-refractivity contribution in [2.24, 2.45) is 7.05 Å². The van der Waals surface area contributed by atoms with E-state index in [1.165, 1.54) is 9.36 Å². The summed E-state index contributed by atoms with van der Waals surface area (Å²) in [6.07, 6.45) is 3.74. The van der Waals surface area contributed by atoms with Crippen molar-refractivity contribution in [3.05, 3.63) is 44.8 Å². The van der Waals surface area contributed by atoms with Crippen LogP contribution in [0.3, 0.4) is 0 Å². The molecule has 0 aliphatic heterocycles. The van der Waals surface area contributed by atoms with Gasteiger partial charge in [0.15, 0.2) is 0 Å². The Morgan fingerprint density at radius 1 is 1.10 bits per heavy atom. The van der Waals surface area contributed by atoms with Gasteiger partial charge in [-0.1, -0.05) is 19.4 Å². The predicted octanol–water partition coefficient (Wildman–Crippen LogP) is 2.10. The molecule has 5 heteroatoms. The van der Waals surface area contributed by atoms with Crippen molar-refractivity contribution in [2.45, 2.75) is 46.7 Å². The van der Waals surface area contributed by atoms with E-state index in [0.29, 0.717) is 17.3 Å². The fourth-order valence-corrected chi connectivity index (χ4v) is 2.92. The van der Waals surface area contributed by atoms with E-state index >= 15 is 0 Å². The number of aromatic nitrogens is 3. The Balaban J connectivity index is 2.90. The van der Waals surface area contributed by atoms with Crippen molar-refractivity contribution < 1.29 is 0 Å². The standard InChI is InChI=1S/C16H23N3O2/c1-6-8-10-18-11(3)13-14(12(18)4)16(21)19(9-7-2)17(5)15(13)20/h7H,2,6,8-10H2,1,3-5H3. The summed E-state index contributed by atoms with van der Waals surface area (Å²) in [5.74, 6) is 0. The van der Waals surface area contributed by atoms with Gasteiger partial charge in [0.2, 0.25) is 0 Å². The van der Waals surface area contributed by atoms with E-state index in [2.05, 4.69) is 18.1 Å². The molecule has 0 unspecified atom stereocenters. The van der Waals surface area contributed by atoms with Crippen molar-refractivity contribution >= 4 is 10.8 Å². The number of allylic oxidation sites excluding steroid dienone is 1. The summed E-state index contributed by atoms with van der Waals surface area (Å²) in [6.45, 7) is 10.8. The molecule has 2 aromatic heterocycles. The van der Waals surface area contributed by atoms with Crippen LogP contribution < -0.4 is 11.1 Å². The van der Waals surface area contributed by atoms with Gasteiger partial charge in [-0.25, -0.2) is 9.36 Å². The van der Waals surface area contributed by atoms with E-state index in [9.17, 15) is 9.59 Å². The second-order valence-electron chi connectivity index (χ2n) is 5.43. The molecular weight excluding hydrogens is 266 g/mol. The average Bonchev–Trinajstić information content (AvgIpc) is 2.71. The maximum absolute atomic E-state index is 12.7. The molecule has 0 aliphatic carbocycles. The van der Waals surface area contributed by atoms with Gasteiger partial charge in [0.1, 0.15) is 0 Å². The minimum absolute atomic E-state index is 0.122. The molecule has 0 saturated carbocycles. The van der Waals surface area contributed by atoms with E-state index in [1.807, 2.05) is 13.8 Å². The lowest BCUT2D eigenvalue weighted by atomic mass is 10.2. The van der Waals surface area contributed by atoms with Crippen molar-refractivity contribution in [3.8, 4) is 0 Å². The third-order valence-corrected chi connectivity index (χ3v) is 4.14. The van der Waals surface area contributed by atoms with Crippen molar-refractivity contribution in [2.75, 3.05) is 0 Å². The zero-order valence-corrected chi connectivity index (χ0v) is 13.3. The minimum atomic E-state index is -0.123. The van der Waals surface area contributed by atoms with Gasteiger partial charge in [-0.2, -0.15) is 0 Å². The number of unbranched alkanes of at least 4 members (excludes halogenated alkanes) is 1. The second kappa shape index (κ2) is 5.76. The molecule has 2 rings (SSSR count). The van der Waals surface area contributed by atoms with Gasteiger partial charge in [0, 0.05) is 25.0 Å². The largest absolute Gasteiger partial charge is 0.348 e. The quantitative estimate of drug-likeness (QED) is 0.792. The van der Waals surface area contributed by atoms with Gasteiger partial charge in [0.05, 0.1) is 17.3 Å². The fourth-order valence-electron chi connectivity index (χ4n) is 2.92. The monoisotopic (exact) mass is 289 g/mol. The topological polar surface area (TPSA) is 48.9 Å². The highest BCUT2D eigenvalue weighted by Crippen LogP contribution is 2.20. The molecule has 2 heterocycles. The molecule has 0 amide bonds. The molecule has 0 radical (unpaired) electrons. The number of fused-ring (bicyclic) bond motifs is 1. The Kier molecular flexibility index (Phi) is 4.21. The Hall–Kier alpha value is -2.04. The zero-order valence-electron chi connectivity index (χ0n) is 13.3. The molecule has 21 heavy (non-hydrogen) atoms. The molecule has 0 aliphatic rings. The van der Waals surface area contributed by atoms with Gasteiger partial charge in [-0.15, -0.1) is 6.58 Å². The molecule has 0 aromatic carbocycles. The number of rotatable bonds is 5. The lowest BCUT2D eigenvalue weighted by Gasteiger charge is -2.09. The molecule has 0 spiro atoms. The summed E-state index contributed by atoms with van der Waals surface area (Å²) in [5.41, 5.74) is 1.53. The molecule has 0 fully saturated rings. The van der Waals surface area contributed by atoms with Crippen molar-refractivity contribution in [1.82, 2.24) is 13.9 Å². The highest BCUT2D eigenvalue weighted by Gasteiger charge is 2.19. The van der Waals surface area contributed by atoms with Gasteiger partial charge in [-0.3, -0.25) is 9.59 Å². The normalized spacial score (nSPS) is 11.2. The molecule has 0 bridgehead atoms. The Morgan fingerprint density at radius 3 is 2.19 bits per heavy atom. The third kappa shape index (κ3) is 2.26. The van der Waals surface area contributed by atoms with Crippen molar-refractivity contribution in [1.29, 1.82) is 0 Å². The zero-order chi connectivity index (χ0) is 15.7. The summed E-state index contributed by atoms with van der Waals surface area (Å²) in [6, 6.07) is 0. The summed E-state index contributed by atoms with van der Waals surface area (Å²) in [5, 5.41) is 1.10. The van der Waals surface area contributed by atoms with Gasteiger partial charge in [0.25, 0.3) is 11.1 Å². The number of hydrogen-bond acceptors (Lipinski definition) is 2. The van der Waals surface area contributed by atoms with Crippen LogP contribution in [-0.4, -0.2) is 13.9 Å². The van der Waals surface area contributed by atoms with Gasteiger partial charge < -0.3 is 4.57 Å². The number of aryl methyl sites for hydroxylation is 2. The maximum Gasteiger partial charge on any atom is 0.275 e. The first-order chi connectivity index (χ1) is 9.95. The van der Waals surface area contributed by atoms with Crippen LogP contribution in [0, 0.1) is 13.8 Å². The molecule has 0 saturated heterocycles. The molecule has 114 valence electrons. The van der Waals surface area contributed by atoms with Crippen LogP contribution >= 0.6 is 0 Å². The SMILES string of the molecule is C=CCn1c(=O)c2c(C)n(CCCC)c(C)c2c(=O)n1C. The molecule has 5 nitrogen and oxygen atoms in total. The lowest BCUT2D eigenvalue weighted by Crippen LogP contribution is -2.36. The number of nitrogens with zero attached hydrogens (tertiary/aromatic N) is 3. The number of hydrogen-bond donors (Lipinski definition) is 0. The predicted molar refractivity (Wildman–Crippen MR) is 86.0 cm³/mol. The molecular formula is C16H23N3O2. The van der Waals surface area contributed by atoms with Crippen LogP contribution in [-0.2, 0) is 20.1 Å². The molecule has 0 N–H and O–H groups in total. The summed E-state index contributed by atoms with van der Waals surface area (Å²) >= 11 is 0. The Labute approximate surface area is 124 Å². The van der Waals surface area contributed by atoms with E-state index in [0.717, 1.165) is 30.8 Å². The highest BCUT2D eigenvalue weighted by molar-refractivity contribution is 5.86. The average molecular weight is 289 g/mol.